The van der Waals surface area contributed by atoms with E-state index in [1.165, 1.54) is 0 Å². The van der Waals surface area contributed by atoms with Crippen molar-refractivity contribution in [2.75, 3.05) is 5.32 Å². The molecule has 5 heteroatoms. The second-order valence-corrected chi connectivity index (χ2v) is 8.13. The standard InChI is InChI=1S/C25H34N2O3/c1-7-23(30-24-11-9-8-10-22(24)17(2)3)25(29)26-21-14-12-20(13-15-21)16-27(18(4)5)19(6)28/h8-15,17-18,23H,7,16H2,1-6H3,(H,26,29). The van der Waals surface area contributed by atoms with Gasteiger partial charge in [0.2, 0.25) is 5.91 Å². The Hall–Kier alpha value is -2.82. The fourth-order valence-electron chi connectivity index (χ4n) is 3.31. The summed E-state index contributed by atoms with van der Waals surface area (Å²) in [6.45, 7) is 12.3. The molecular formula is C25H34N2O3. The molecule has 1 atom stereocenters. The number of hydrogen-bond donors (Lipinski definition) is 1. The number of carbonyl (C=O) groups excluding carboxylic acids is 2. The fraction of sp³-hybridized carbons (Fsp3) is 0.440. The van der Waals surface area contributed by atoms with E-state index in [9.17, 15) is 9.59 Å². The molecule has 0 radical (unpaired) electrons. The molecule has 0 heterocycles. The first-order valence-corrected chi connectivity index (χ1v) is 10.7. The Morgan fingerprint density at radius 3 is 2.17 bits per heavy atom. The number of nitrogens with zero attached hydrogens (tertiary/aromatic N) is 1. The molecule has 30 heavy (non-hydrogen) atoms. The summed E-state index contributed by atoms with van der Waals surface area (Å²) in [5.41, 5.74) is 2.82. The summed E-state index contributed by atoms with van der Waals surface area (Å²) in [7, 11) is 0. The van der Waals surface area contributed by atoms with Gasteiger partial charge in [0.25, 0.3) is 5.91 Å². The van der Waals surface area contributed by atoms with Crippen molar-refractivity contribution in [1.82, 2.24) is 4.90 Å². The molecule has 0 aliphatic heterocycles. The first kappa shape index (κ1) is 23.5. The molecule has 0 bridgehead atoms. The molecule has 162 valence electrons. The Morgan fingerprint density at radius 1 is 1.00 bits per heavy atom. The van der Waals surface area contributed by atoms with Crippen LogP contribution in [0.15, 0.2) is 48.5 Å². The summed E-state index contributed by atoms with van der Waals surface area (Å²) in [5.74, 6) is 0.945. The van der Waals surface area contributed by atoms with E-state index in [1.807, 2.05) is 69.3 Å². The second-order valence-electron chi connectivity index (χ2n) is 8.13. The Bertz CT molecular complexity index is 844. The summed E-state index contributed by atoms with van der Waals surface area (Å²) in [5, 5.41) is 2.94. The number of benzene rings is 2. The third-order valence-electron chi connectivity index (χ3n) is 5.08. The predicted octanol–water partition coefficient (Wildman–Crippen LogP) is 5.36. The maximum Gasteiger partial charge on any atom is 0.265 e. The molecular weight excluding hydrogens is 376 g/mol. The van der Waals surface area contributed by atoms with Crippen molar-refractivity contribution in [2.24, 2.45) is 0 Å². The average Bonchev–Trinajstić information content (AvgIpc) is 2.70. The van der Waals surface area contributed by atoms with Crippen molar-refractivity contribution in [3.05, 3.63) is 59.7 Å². The van der Waals surface area contributed by atoms with Crippen LogP contribution in [-0.2, 0) is 16.1 Å². The first-order valence-electron chi connectivity index (χ1n) is 10.7. The zero-order chi connectivity index (χ0) is 22.3. The number of amides is 2. The quantitative estimate of drug-likeness (QED) is 0.605. The van der Waals surface area contributed by atoms with Crippen LogP contribution in [0.5, 0.6) is 5.75 Å². The van der Waals surface area contributed by atoms with E-state index in [4.69, 9.17) is 4.74 Å². The van der Waals surface area contributed by atoms with Gasteiger partial charge in [-0.05, 0) is 55.5 Å². The largest absolute Gasteiger partial charge is 0.480 e. The minimum atomic E-state index is -0.571. The van der Waals surface area contributed by atoms with Gasteiger partial charge in [0.05, 0.1) is 0 Å². The van der Waals surface area contributed by atoms with Crippen molar-refractivity contribution in [1.29, 1.82) is 0 Å². The van der Waals surface area contributed by atoms with E-state index >= 15 is 0 Å². The SMILES string of the molecule is CCC(Oc1ccccc1C(C)C)C(=O)Nc1ccc(CN(C(C)=O)C(C)C)cc1. The van der Waals surface area contributed by atoms with Crippen molar-refractivity contribution < 1.29 is 14.3 Å². The molecule has 2 amide bonds. The molecule has 1 unspecified atom stereocenters. The number of nitrogens with one attached hydrogen (secondary N) is 1. The van der Waals surface area contributed by atoms with Crippen LogP contribution in [0, 0.1) is 0 Å². The van der Waals surface area contributed by atoms with Gasteiger partial charge in [-0.1, -0.05) is 51.1 Å². The number of anilines is 1. The van der Waals surface area contributed by atoms with Gasteiger partial charge in [-0.2, -0.15) is 0 Å². The van der Waals surface area contributed by atoms with Crippen molar-refractivity contribution in [2.45, 2.75) is 72.6 Å². The van der Waals surface area contributed by atoms with Gasteiger partial charge in [-0.3, -0.25) is 9.59 Å². The number of carbonyl (C=O) groups is 2. The second kappa shape index (κ2) is 10.8. The molecule has 1 N–H and O–H groups in total. The summed E-state index contributed by atoms with van der Waals surface area (Å²) < 4.78 is 6.06. The molecule has 0 saturated carbocycles. The van der Waals surface area contributed by atoms with Crippen LogP contribution in [0.4, 0.5) is 5.69 Å². The molecule has 5 nitrogen and oxygen atoms in total. The van der Waals surface area contributed by atoms with Crippen molar-refractivity contribution in [3.63, 3.8) is 0 Å². The third kappa shape index (κ3) is 6.34. The smallest absolute Gasteiger partial charge is 0.265 e. The third-order valence-corrected chi connectivity index (χ3v) is 5.08. The van der Waals surface area contributed by atoms with E-state index in [0.717, 1.165) is 16.9 Å². The van der Waals surface area contributed by atoms with Crippen LogP contribution >= 0.6 is 0 Å². The highest BCUT2D eigenvalue weighted by atomic mass is 16.5. The van der Waals surface area contributed by atoms with Crippen molar-refractivity contribution in [3.8, 4) is 5.75 Å². The number of rotatable bonds is 9. The molecule has 2 aromatic carbocycles. The highest BCUT2D eigenvalue weighted by Crippen LogP contribution is 2.27. The lowest BCUT2D eigenvalue weighted by atomic mass is 10.0. The van der Waals surface area contributed by atoms with E-state index in [0.29, 0.717) is 24.6 Å². The maximum absolute atomic E-state index is 12.8. The monoisotopic (exact) mass is 410 g/mol. The molecule has 0 spiro atoms. The number of ether oxygens (including phenoxy) is 1. The summed E-state index contributed by atoms with van der Waals surface area (Å²) in [6, 6.07) is 15.6. The highest BCUT2D eigenvalue weighted by Gasteiger charge is 2.20. The number of para-hydroxylation sites is 1. The van der Waals surface area contributed by atoms with Crippen LogP contribution in [0.3, 0.4) is 0 Å². The zero-order valence-corrected chi connectivity index (χ0v) is 18.9. The van der Waals surface area contributed by atoms with E-state index < -0.39 is 6.10 Å². The van der Waals surface area contributed by atoms with Crippen LogP contribution < -0.4 is 10.1 Å². The van der Waals surface area contributed by atoms with Gasteiger partial charge in [0.1, 0.15) is 5.75 Å². The molecule has 2 rings (SSSR count). The minimum absolute atomic E-state index is 0.0481. The minimum Gasteiger partial charge on any atom is -0.480 e. The lowest BCUT2D eigenvalue weighted by Gasteiger charge is -2.25. The predicted molar refractivity (Wildman–Crippen MR) is 122 cm³/mol. The van der Waals surface area contributed by atoms with E-state index in [-0.39, 0.29) is 17.9 Å². The van der Waals surface area contributed by atoms with Gasteiger partial charge < -0.3 is 15.0 Å². The van der Waals surface area contributed by atoms with Crippen LogP contribution in [-0.4, -0.2) is 28.9 Å². The van der Waals surface area contributed by atoms with Gasteiger partial charge in [-0.25, -0.2) is 0 Å². The molecule has 0 aliphatic carbocycles. The number of hydrogen-bond acceptors (Lipinski definition) is 3. The van der Waals surface area contributed by atoms with Gasteiger partial charge in [0.15, 0.2) is 6.10 Å². The molecule has 0 fully saturated rings. The van der Waals surface area contributed by atoms with Gasteiger partial charge in [-0.15, -0.1) is 0 Å². The topological polar surface area (TPSA) is 58.6 Å². The normalized spacial score (nSPS) is 12.0. The van der Waals surface area contributed by atoms with Crippen molar-refractivity contribution >= 4 is 17.5 Å². The molecule has 2 aromatic rings. The average molecular weight is 411 g/mol. The Morgan fingerprint density at radius 2 is 1.63 bits per heavy atom. The van der Waals surface area contributed by atoms with Crippen LogP contribution in [0.25, 0.3) is 0 Å². The zero-order valence-electron chi connectivity index (χ0n) is 18.9. The fourth-order valence-corrected chi connectivity index (χ4v) is 3.31. The van der Waals surface area contributed by atoms with Gasteiger partial charge in [0, 0.05) is 25.2 Å². The van der Waals surface area contributed by atoms with Gasteiger partial charge >= 0.3 is 0 Å². The molecule has 0 saturated heterocycles. The Balaban J connectivity index is 2.04. The maximum atomic E-state index is 12.8. The Kier molecular flexibility index (Phi) is 8.46. The summed E-state index contributed by atoms with van der Waals surface area (Å²) >= 11 is 0. The summed E-state index contributed by atoms with van der Waals surface area (Å²) in [6.07, 6.45) is -0.00286. The lowest BCUT2D eigenvalue weighted by molar-refractivity contribution is -0.131. The Labute approximate surface area is 180 Å². The first-order chi connectivity index (χ1) is 14.2. The molecule has 0 aliphatic rings. The van der Waals surface area contributed by atoms with Crippen LogP contribution in [0.1, 0.15) is 65.0 Å². The van der Waals surface area contributed by atoms with Crippen LogP contribution in [0.2, 0.25) is 0 Å². The highest BCUT2D eigenvalue weighted by molar-refractivity contribution is 5.94. The molecule has 0 aromatic heterocycles. The van der Waals surface area contributed by atoms with E-state index in [2.05, 4.69) is 19.2 Å². The summed E-state index contributed by atoms with van der Waals surface area (Å²) in [4.78, 5) is 26.4. The van der Waals surface area contributed by atoms with E-state index in [1.54, 1.807) is 11.8 Å². The lowest BCUT2D eigenvalue weighted by Crippen LogP contribution is -2.34.